The summed E-state index contributed by atoms with van der Waals surface area (Å²) < 4.78 is 10.3. The van der Waals surface area contributed by atoms with Crippen LogP contribution < -0.4 is 14.8 Å². The van der Waals surface area contributed by atoms with Crippen molar-refractivity contribution in [1.82, 2.24) is 0 Å². The highest BCUT2D eigenvalue weighted by Gasteiger charge is 2.25. The second-order valence-corrected chi connectivity index (χ2v) is 5.53. The Kier molecular flexibility index (Phi) is 5.58. The fourth-order valence-electron chi connectivity index (χ4n) is 2.03. The molecule has 0 bridgehead atoms. The largest absolute Gasteiger partial charge is 0.493 e. The van der Waals surface area contributed by atoms with Crippen LogP contribution in [0.1, 0.15) is 26.7 Å². The van der Waals surface area contributed by atoms with Gasteiger partial charge in [0.15, 0.2) is 11.5 Å². The molecule has 21 heavy (non-hydrogen) atoms. The molecule has 116 valence electrons. The third-order valence-corrected chi connectivity index (χ3v) is 2.94. The lowest BCUT2D eigenvalue weighted by Gasteiger charge is -2.21. The molecule has 0 fully saturated rings. The minimum absolute atomic E-state index is 0.0631. The topological polar surface area (TPSA) is 84.9 Å². The van der Waals surface area contributed by atoms with E-state index in [2.05, 4.69) is 5.32 Å². The highest BCUT2D eigenvalue weighted by Crippen LogP contribution is 2.30. The Hall–Kier alpha value is -2.24. The summed E-state index contributed by atoms with van der Waals surface area (Å²) >= 11 is 0. The molecule has 0 saturated heterocycles. The Morgan fingerprint density at radius 1 is 1.14 bits per heavy atom. The van der Waals surface area contributed by atoms with Crippen molar-refractivity contribution in [3.8, 4) is 11.5 Å². The monoisotopic (exact) mass is 295 g/mol. The van der Waals surface area contributed by atoms with Crippen molar-refractivity contribution in [2.45, 2.75) is 26.7 Å². The van der Waals surface area contributed by atoms with Gasteiger partial charge >= 0.3 is 5.97 Å². The van der Waals surface area contributed by atoms with Gasteiger partial charge in [-0.25, -0.2) is 0 Å². The molecule has 1 aromatic rings. The van der Waals surface area contributed by atoms with Crippen LogP contribution in [0.15, 0.2) is 18.2 Å². The van der Waals surface area contributed by atoms with Crippen molar-refractivity contribution >= 4 is 17.6 Å². The van der Waals surface area contributed by atoms with Crippen molar-refractivity contribution in [3.05, 3.63) is 18.2 Å². The number of carboxylic acids is 1. The molecule has 0 unspecified atom stereocenters. The molecule has 0 aliphatic carbocycles. The normalized spacial score (nSPS) is 10.9. The molecule has 2 N–H and O–H groups in total. The lowest BCUT2D eigenvalue weighted by molar-refractivity contribution is -0.139. The van der Waals surface area contributed by atoms with Crippen LogP contribution in [0.2, 0.25) is 0 Å². The van der Waals surface area contributed by atoms with Gasteiger partial charge in [0.25, 0.3) is 0 Å². The van der Waals surface area contributed by atoms with Gasteiger partial charge in [-0.05, 0) is 17.5 Å². The smallest absolute Gasteiger partial charge is 0.303 e. The van der Waals surface area contributed by atoms with Gasteiger partial charge in [0.05, 0.1) is 20.6 Å². The molecule has 1 rings (SSSR count). The van der Waals surface area contributed by atoms with Crippen LogP contribution in [-0.2, 0) is 9.59 Å². The molecular formula is C15H21NO5. The molecule has 0 heterocycles. The van der Waals surface area contributed by atoms with Gasteiger partial charge in [0.1, 0.15) is 0 Å². The third-order valence-electron chi connectivity index (χ3n) is 2.94. The van der Waals surface area contributed by atoms with E-state index in [0.29, 0.717) is 17.2 Å². The standard InChI is InChI=1S/C15H21NO5/c1-15(2,9-14(18)19)8-13(17)16-10-5-6-11(20-3)12(7-10)21-4/h5-7H,8-9H2,1-4H3,(H,16,17)(H,18,19). The summed E-state index contributed by atoms with van der Waals surface area (Å²) in [7, 11) is 3.05. The van der Waals surface area contributed by atoms with Crippen LogP contribution in [0.25, 0.3) is 0 Å². The second kappa shape index (κ2) is 6.97. The summed E-state index contributed by atoms with van der Waals surface area (Å²) in [4.78, 5) is 22.7. The van der Waals surface area contributed by atoms with Crippen molar-refractivity contribution < 1.29 is 24.2 Å². The van der Waals surface area contributed by atoms with Gasteiger partial charge in [-0.15, -0.1) is 0 Å². The van der Waals surface area contributed by atoms with Crippen LogP contribution in [0, 0.1) is 5.41 Å². The van der Waals surface area contributed by atoms with Crippen molar-refractivity contribution in [2.75, 3.05) is 19.5 Å². The van der Waals surface area contributed by atoms with Crippen molar-refractivity contribution in [2.24, 2.45) is 5.41 Å². The number of methoxy groups -OCH3 is 2. The first-order valence-corrected chi connectivity index (χ1v) is 6.51. The molecule has 0 saturated carbocycles. The molecule has 0 spiro atoms. The molecule has 0 radical (unpaired) electrons. The number of hydrogen-bond acceptors (Lipinski definition) is 4. The SMILES string of the molecule is COc1ccc(NC(=O)CC(C)(C)CC(=O)O)cc1OC. The van der Waals surface area contributed by atoms with Crippen LogP contribution in [0.4, 0.5) is 5.69 Å². The molecule has 6 nitrogen and oxygen atoms in total. The summed E-state index contributed by atoms with van der Waals surface area (Å²) in [6, 6.07) is 5.04. The number of carbonyl (C=O) groups excluding carboxylic acids is 1. The minimum atomic E-state index is -0.918. The summed E-state index contributed by atoms with van der Waals surface area (Å²) in [6.45, 7) is 3.49. The fourth-order valence-corrected chi connectivity index (χ4v) is 2.03. The average molecular weight is 295 g/mol. The van der Waals surface area contributed by atoms with E-state index >= 15 is 0 Å². The van der Waals surface area contributed by atoms with Crippen LogP contribution in [-0.4, -0.2) is 31.2 Å². The maximum Gasteiger partial charge on any atom is 0.303 e. The number of benzene rings is 1. The van der Waals surface area contributed by atoms with Gasteiger partial charge in [0, 0.05) is 18.2 Å². The number of nitrogens with one attached hydrogen (secondary N) is 1. The van der Waals surface area contributed by atoms with E-state index in [1.54, 1.807) is 32.0 Å². The molecule has 1 aromatic carbocycles. The number of hydrogen-bond donors (Lipinski definition) is 2. The molecule has 0 atom stereocenters. The van der Waals surface area contributed by atoms with E-state index < -0.39 is 11.4 Å². The lowest BCUT2D eigenvalue weighted by atomic mass is 9.85. The quantitative estimate of drug-likeness (QED) is 0.807. The number of aliphatic carboxylic acids is 1. The van der Waals surface area contributed by atoms with E-state index in [1.165, 1.54) is 14.2 Å². The average Bonchev–Trinajstić information content (AvgIpc) is 2.35. The van der Waals surface area contributed by atoms with Gasteiger partial charge < -0.3 is 19.9 Å². The molecule has 0 aliphatic rings. The van der Waals surface area contributed by atoms with E-state index in [1.807, 2.05) is 0 Å². The van der Waals surface area contributed by atoms with Crippen LogP contribution >= 0.6 is 0 Å². The van der Waals surface area contributed by atoms with Gasteiger partial charge in [-0.3, -0.25) is 9.59 Å². The Balaban J connectivity index is 2.73. The van der Waals surface area contributed by atoms with E-state index in [4.69, 9.17) is 14.6 Å². The Morgan fingerprint density at radius 2 is 1.76 bits per heavy atom. The molecule has 0 aromatic heterocycles. The van der Waals surface area contributed by atoms with Gasteiger partial charge in [0.2, 0.25) is 5.91 Å². The first-order valence-electron chi connectivity index (χ1n) is 6.51. The molecule has 0 aliphatic heterocycles. The predicted octanol–water partition coefficient (Wildman–Crippen LogP) is 2.53. The molecule has 6 heteroatoms. The number of rotatable bonds is 7. The van der Waals surface area contributed by atoms with Gasteiger partial charge in [-0.2, -0.15) is 0 Å². The van der Waals surface area contributed by atoms with Gasteiger partial charge in [-0.1, -0.05) is 13.8 Å². The predicted molar refractivity (Wildman–Crippen MR) is 78.8 cm³/mol. The van der Waals surface area contributed by atoms with Crippen LogP contribution in [0.5, 0.6) is 11.5 Å². The maximum absolute atomic E-state index is 12.0. The Bertz CT molecular complexity index is 525. The third kappa shape index (κ3) is 5.33. The van der Waals surface area contributed by atoms with E-state index in [-0.39, 0.29) is 18.7 Å². The number of anilines is 1. The highest BCUT2D eigenvalue weighted by atomic mass is 16.5. The number of ether oxygens (including phenoxy) is 2. The van der Waals surface area contributed by atoms with Crippen molar-refractivity contribution in [3.63, 3.8) is 0 Å². The highest BCUT2D eigenvalue weighted by molar-refractivity contribution is 5.91. The fraction of sp³-hybridized carbons (Fsp3) is 0.467. The molecule has 1 amide bonds. The van der Waals surface area contributed by atoms with E-state index in [9.17, 15) is 9.59 Å². The summed E-state index contributed by atoms with van der Waals surface area (Å²) in [5.41, 5.74) is -0.0317. The maximum atomic E-state index is 12.0. The first-order chi connectivity index (χ1) is 9.77. The zero-order chi connectivity index (χ0) is 16.0. The summed E-state index contributed by atoms with van der Waals surface area (Å²) in [5, 5.41) is 11.5. The molecular weight excluding hydrogens is 274 g/mol. The van der Waals surface area contributed by atoms with Crippen LogP contribution in [0.3, 0.4) is 0 Å². The minimum Gasteiger partial charge on any atom is -0.493 e. The van der Waals surface area contributed by atoms with E-state index in [0.717, 1.165) is 0 Å². The number of carbonyl (C=O) groups is 2. The first kappa shape index (κ1) is 16.8. The second-order valence-electron chi connectivity index (χ2n) is 5.53. The number of carboxylic acid groups (broad SMARTS) is 1. The summed E-state index contributed by atoms with van der Waals surface area (Å²) in [6.07, 6.45) is 0.0556. The lowest BCUT2D eigenvalue weighted by Crippen LogP contribution is -2.24. The number of amides is 1. The zero-order valence-electron chi connectivity index (χ0n) is 12.7. The van der Waals surface area contributed by atoms with Crippen molar-refractivity contribution in [1.29, 1.82) is 0 Å². The zero-order valence-corrected chi connectivity index (χ0v) is 12.7. The Morgan fingerprint density at radius 3 is 2.29 bits per heavy atom. The Labute approximate surface area is 124 Å². The summed E-state index contributed by atoms with van der Waals surface area (Å²) in [5.74, 6) is -0.0748.